The van der Waals surface area contributed by atoms with Crippen LogP contribution >= 0.6 is 0 Å². The van der Waals surface area contributed by atoms with Crippen LogP contribution < -0.4 is 0 Å². The maximum atomic E-state index is 9.28. The number of hydrogen-bond acceptors (Lipinski definition) is 6. The predicted octanol–water partition coefficient (Wildman–Crippen LogP) is -1.54. The van der Waals surface area contributed by atoms with Crippen LogP contribution in [0.5, 0.6) is 0 Å². The van der Waals surface area contributed by atoms with E-state index >= 15 is 0 Å². The molecular weight excluding hydrogens is 204 g/mol. The monoisotopic (exact) mass is 224 g/mol. The fraction of sp³-hybridized carbons (Fsp3) is 1.00. The molecule has 0 aromatic carbocycles. The zero-order chi connectivity index (χ0) is 12.0. The van der Waals surface area contributed by atoms with E-state index in [1.165, 1.54) is 7.11 Å². The first-order chi connectivity index (χ1) is 7.11. The number of aliphatic hydroxyl groups excluding tert-OH is 4. The SMILES string of the molecule is CC.COC1O[C@H](CO)[C@H](O)[C@H](O)[C@H]1O. The molecule has 0 spiro atoms. The summed E-state index contributed by atoms with van der Waals surface area (Å²) in [6, 6.07) is 0. The molecule has 1 unspecified atom stereocenters. The van der Waals surface area contributed by atoms with E-state index in [1.54, 1.807) is 0 Å². The van der Waals surface area contributed by atoms with Crippen LogP contribution in [0.15, 0.2) is 0 Å². The molecule has 0 aromatic rings. The number of rotatable bonds is 2. The van der Waals surface area contributed by atoms with Crippen molar-refractivity contribution in [1.29, 1.82) is 0 Å². The Morgan fingerprint density at radius 2 is 1.60 bits per heavy atom. The summed E-state index contributed by atoms with van der Waals surface area (Å²) in [7, 11) is 1.30. The second kappa shape index (κ2) is 7.10. The first-order valence-corrected chi connectivity index (χ1v) is 4.95. The molecule has 0 aliphatic carbocycles. The molecule has 92 valence electrons. The normalized spacial score (nSPS) is 40.6. The van der Waals surface area contributed by atoms with Gasteiger partial charge in [0.1, 0.15) is 24.4 Å². The van der Waals surface area contributed by atoms with Crippen molar-refractivity contribution >= 4 is 0 Å². The average Bonchev–Trinajstić information content (AvgIpc) is 2.29. The molecule has 1 aliphatic heterocycles. The van der Waals surface area contributed by atoms with Crippen molar-refractivity contribution in [2.45, 2.75) is 44.6 Å². The van der Waals surface area contributed by atoms with Crippen molar-refractivity contribution in [2.75, 3.05) is 13.7 Å². The molecule has 0 amide bonds. The third kappa shape index (κ3) is 3.37. The molecule has 1 rings (SSSR count). The van der Waals surface area contributed by atoms with Gasteiger partial charge in [0.15, 0.2) is 6.29 Å². The van der Waals surface area contributed by atoms with E-state index in [1.807, 2.05) is 13.8 Å². The summed E-state index contributed by atoms with van der Waals surface area (Å²) in [5.74, 6) is 0. The highest BCUT2D eigenvalue weighted by Gasteiger charge is 2.43. The Bertz CT molecular complexity index is 145. The Kier molecular flexibility index (Phi) is 6.99. The molecular formula is C9H20O6. The van der Waals surface area contributed by atoms with E-state index in [2.05, 4.69) is 0 Å². The van der Waals surface area contributed by atoms with Crippen LogP contribution in [-0.4, -0.2) is 64.8 Å². The highest BCUT2D eigenvalue weighted by molar-refractivity contribution is 4.88. The lowest BCUT2D eigenvalue weighted by Crippen LogP contribution is -2.58. The van der Waals surface area contributed by atoms with Gasteiger partial charge in [-0.25, -0.2) is 0 Å². The second-order valence-corrected chi connectivity index (χ2v) is 2.93. The van der Waals surface area contributed by atoms with Crippen molar-refractivity contribution in [3.8, 4) is 0 Å². The molecule has 6 heteroatoms. The summed E-state index contributed by atoms with van der Waals surface area (Å²) < 4.78 is 9.65. The highest BCUT2D eigenvalue weighted by Crippen LogP contribution is 2.20. The molecule has 1 aliphatic rings. The molecule has 0 bridgehead atoms. The van der Waals surface area contributed by atoms with Gasteiger partial charge >= 0.3 is 0 Å². The number of ether oxygens (including phenoxy) is 2. The van der Waals surface area contributed by atoms with Crippen molar-refractivity contribution in [3.05, 3.63) is 0 Å². The summed E-state index contributed by atoms with van der Waals surface area (Å²) in [6.07, 6.45) is -5.91. The van der Waals surface area contributed by atoms with Gasteiger partial charge in [-0.05, 0) is 0 Å². The average molecular weight is 224 g/mol. The lowest BCUT2D eigenvalue weighted by Gasteiger charge is -2.38. The molecule has 5 atom stereocenters. The van der Waals surface area contributed by atoms with Gasteiger partial charge in [0, 0.05) is 7.11 Å². The topological polar surface area (TPSA) is 99.4 Å². The van der Waals surface area contributed by atoms with E-state index in [0.717, 1.165) is 0 Å². The Morgan fingerprint density at radius 3 is 2.00 bits per heavy atom. The molecule has 0 radical (unpaired) electrons. The van der Waals surface area contributed by atoms with E-state index < -0.39 is 37.3 Å². The second-order valence-electron chi connectivity index (χ2n) is 2.93. The minimum atomic E-state index is -1.36. The van der Waals surface area contributed by atoms with Gasteiger partial charge in [-0.1, -0.05) is 13.8 Å². The standard InChI is InChI=1S/C7H14O6.C2H6/c1-12-7-6(11)5(10)4(9)3(2-8)13-7;1-2/h3-11H,2H2,1H3;1-2H3/t3-,4+,5+,6-,7?;/m1./s1. The molecule has 1 heterocycles. The number of methoxy groups -OCH3 is 1. The van der Waals surface area contributed by atoms with Gasteiger partial charge < -0.3 is 29.9 Å². The van der Waals surface area contributed by atoms with E-state index in [-0.39, 0.29) is 0 Å². The lowest BCUT2D eigenvalue weighted by molar-refractivity contribution is -0.294. The van der Waals surface area contributed by atoms with Gasteiger partial charge in [0.25, 0.3) is 0 Å². The van der Waals surface area contributed by atoms with Crippen LogP contribution in [0.25, 0.3) is 0 Å². The zero-order valence-corrected chi connectivity index (χ0v) is 9.20. The first-order valence-electron chi connectivity index (χ1n) is 4.95. The van der Waals surface area contributed by atoms with Gasteiger partial charge in [0.05, 0.1) is 6.61 Å². The Hall–Kier alpha value is -0.240. The fourth-order valence-electron chi connectivity index (χ4n) is 1.26. The largest absolute Gasteiger partial charge is 0.394 e. The minimum Gasteiger partial charge on any atom is -0.394 e. The third-order valence-corrected chi connectivity index (χ3v) is 2.08. The van der Waals surface area contributed by atoms with E-state index in [9.17, 15) is 15.3 Å². The molecule has 0 aromatic heterocycles. The Balaban J connectivity index is 0.000000921. The Morgan fingerprint density at radius 1 is 1.07 bits per heavy atom. The van der Waals surface area contributed by atoms with Crippen LogP contribution in [0.4, 0.5) is 0 Å². The van der Waals surface area contributed by atoms with Crippen LogP contribution in [0.2, 0.25) is 0 Å². The maximum Gasteiger partial charge on any atom is 0.186 e. The number of hydrogen-bond donors (Lipinski definition) is 4. The van der Waals surface area contributed by atoms with Gasteiger partial charge in [-0.3, -0.25) is 0 Å². The van der Waals surface area contributed by atoms with Crippen LogP contribution in [-0.2, 0) is 9.47 Å². The number of aliphatic hydroxyl groups is 4. The molecule has 1 fully saturated rings. The quantitative estimate of drug-likeness (QED) is 0.453. The predicted molar refractivity (Wildman–Crippen MR) is 52.1 cm³/mol. The smallest absolute Gasteiger partial charge is 0.186 e. The summed E-state index contributed by atoms with van der Waals surface area (Å²) >= 11 is 0. The van der Waals surface area contributed by atoms with Crippen LogP contribution in [0.1, 0.15) is 13.8 Å². The summed E-state index contributed by atoms with van der Waals surface area (Å²) in [4.78, 5) is 0. The molecule has 1 saturated heterocycles. The first kappa shape index (κ1) is 14.8. The Labute approximate surface area is 89.1 Å². The van der Waals surface area contributed by atoms with Crippen molar-refractivity contribution in [2.24, 2.45) is 0 Å². The summed E-state index contributed by atoms with van der Waals surface area (Å²) in [6.45, 7) is 3.56. The highest BCUT2D eigenvalue weighted by atomic mass is 16.7. The lowest BCUT2D eigenvalue weighted by atomic mass is 9.99. The molecule has 15 heavy (non-hydrogen) atoms. The van der Waals surface area contributed by atoms with Crippen LogP contribution in [0.3, 0.4) is 0 Å². The maximum absolute atomic E-state index is 9.28. The van der Waals surface area contributed by atoms with Crippen LogP contribution in [0, 0.1) is 0 Å². The fourth-order valence-corrected chi connectivity index (χ4v) is 1.26. The minimum absolute atomic E-state index is 0.440. The van der Waals surface area contributed by atoms with Gasteiger partial charge in [-0.15, -0.1) is 0 Å². The zero-order valence-electron chi connectivity index (χ0n) is 9.20. The summed E-state index contributed by atoms with van der Waals surface area (Å²) in [5.41, 5.74) is 0. The molecule has 6 nitrogen and oxygen atoms in total. The van der Waals surface area contributed by atoms with E-state index in [4.69, 9.17) is 14.6 Å². The third-order valence-electron chi connectivity index (χ3n) is 2.08. The van der Waals surface area contributed by atoms with Crippen molar-refractivity contribution < 1.29 is 29.9 Å². The van der Waals surface area contributed by atoms with E-state index in [0.29, 0.717) is 0 Å². The van der Waals surface area contributed by atoms with Gasteiger partial charge in [-0.2, -0.15) is 0 Å². The molecule has 4 N–H and O–H groups in total. The summed E-state index contributed by atoms with van der Waals surface area (Å²) in [5, 5.41) is 36.6. The van der Waals surface area contributed by atoms with Gasteiger partial charge in [0.2, 0.25) is 0 Å². The van der Waals surface area contributed by atoms with Crippen molar-refractivity contribution in [3.63, 3.8) is 0 Å². The van der Waals surface area contributed by atoms with Crippen molar-refractivity contribution in [1.82, 2.24) is 0 Å². The molecule has 0 saturated carbocycles.